The molecule has 0 atom stereocenters. The molecule has 0 aliphatic carbocycles. The summed E-state index contributed by atoms with van der Waals surface area (Å²) in [6.45, 7) is 1.78. The van der Waals surface area contributed by atoms with E-state index in [-0.39, 0.29) is 46.5 Å². The average Bonchev–Trinajstić information content (AvgIpc) is 0.739. The highest BCUT2D eigenvalue weighted by Crippen LogP contribution is 2.35. The van der Waals surface area contributed by atoms with Gasteiger partial charge in [0.05, 0.1) is 47.8 Å². The lowest BCUT2D eigenvalue weighted by atomic mass is 10.0. The maximum atomic E-state index is 13.7. The van der Waals surface area contributed by atoms with Gasteiger partial charge in [0.2, 0.25) is 9.84 Å². The Hall–Kier alpha value is -12.4. The Bertz CT molecular complexity index is 7400. The van der Waals surface area contributed by atoms with Crippen molar-refractivity contribution in [2.75, 3.05) is 0 Å². The van der Waals surface area contributed by atoms with Crippen molar-refractivity contribution in [2.24, 2.45) is 0 Å². The van der Waals surface area contributed by atoms with Crippen LogP contribution in [0.3, 0.4) is 0 Å². The fraction of sp³-hybridized carbons (Fsp3) is 0.0385. The lowest BCUT2D eigenvalue weighted by Gasteiger charge is -2.11. The number of halogens is 20. The van der Waals surface area contributed by atoms with Gasteiger partial charge in [-0.3, -0.25) is 37.1 Å². The van der Waals surface area contributed by atoms with Crippen molar-refractivity contribution in [1.29, 1.82) is 0 Å². The zero-order chi connectivity index (χ0) is 98.1. The van der Waals surface area contributed by atoms with Crippen LogP contribution < -0.4 is 0 Å². The summed E-state index contributed by atoms with van der Waals surface area (Å²) in [5.74, 6) is -39.1. The first-order chi connectivity index (χ1) is 59.9. The number of carbonyl (C=O) groups is 3. The van der Waals surface area contributed by atoms with Gasteiger partial charge in [-0.2, -0.15) is 42.1 Å². The third-order valence-corrected chi connectivity index (χ3v) is 26.4. The maximum absolute atomic E-state index is 13.7. The molecule has 0 unspecified atom stereocenters. The third kappa shape index (κ3) is 25.4. The summed E-state index contributed by atoms with van der Waals surface area (Å²) < 4.78 is 494. The van der Waals surface area contributed by atoms with Gasteiger partial charge in [0.1, 0.15) is 59.4 Å². The Labute approximate surface area is 720 Å². The molecule has 0 radical (unpaired) electrons. The molecule has 0 saturated carbocycles. The Morgan fingerprint density at radius 1 is 0.262 bits per heavy atom. The van der Waals surface area contributed by atoms with Crippen molar-refractivity contribution in [3.63, 3.8) is 0 Å². The topological polar surface area (TPSA) is 425 Å². The summed E-state index contributed by atoms with van der Waals surface area (Å²) in [6, 6.07) is 29.6. The summed E-state index contributed by atoms with van der Waals surface area (Å²) >= 11 is 0. The molecule has 5 N–H and O–H groups in total. The molecular weight excluding hydrogens is 1960 g/mol. The molecule has 0 aliphatic heterocycles. The molecule has 0 heterocycles. The smallest absolute Gasteiger partial charge is 0.288 e. The second kappa shape index (κ2) is 41.2. The van der Waals surface area contributed by atoms with E-state index < -0.39 is 292 Å². The zero-order valence-corrected chi connectivity index (χ0v) is 69.9. The minimum absolute atomic E-state index is 0.0322. The van der Waals surface area contributed by atoms with Crippen molar-refractivity contribution in [1.82, 2.24) is 0 Å². The molecule has 690 valence electrons. The van der Waals surface area contributed by atoms with Gasteiger partial charge >= 0.3 is 0 Å². The highest BCUT2D eigenvalue weighted by molar-refractivity contribution is 7.93. The van der Waals surface area contributed by atoms with Gasteiger partial charge in [-0.05, 0) is 121 Å². The second-order valence-electron chi connectivity index (χ2n) is 25.5. The highest BCUT2D eigenvalue weighted by atomic mass is 32.2. The second-order valence-corrected chi connectivity index (χ2v) is 38.2. The Morgan fingerprint density at radius 2 is 0.600 bits per heavy atom. The van der Waals surface area contributed by atoms with E-state index in [0.717, 1.165) is 96.6 Å². The Balaban J connectivity index is 0.000000214. The van der Waals surface area contributed by atoms with E-state index >= 15 is 0 Å². The molecule has 0 fully saturated rings. The normalized spacial score (nSPS) is 11.8. The van der Waals surface area contributed by atoms with Crippen LogP contribution in [-0.4, -0.2) is 107 Å². The molecule has 0 bridgehead atoms. The van der Waals surface area contributed by atoms with Crippen molar-refractivity contribution < 1.29 is 192 Å². The number of aryl methyl sites for hydroxylation is 1. The van der Waals surface area contributed by atoms with Crippen LogP contribution in [0.15, 0.2) is 250 Å². The molecule has 0 amide bonds. The molecule has 12 rings (SSSR count). The number of benzene rings is 12. The van der Waals surface area contributed by atoms with Crippen LogP contribution in [0, 0.1) is 123 Å². The standard InChI is InChI=1S/C14H10F4O2S.C13H9F3O5S2.3C13H7F3O4S.C12H6F4O5S2/c1-8-2-4-9(5-3-8)7-21(19,20)14-12(17)10(15)6-11(16)13(14)18;14-9-5-10(15)13(11(16)6-9)22(17,18)7-8-3-1-2-4-12(8)23(19,20)21;14-8-5-10(15)12(11(16)6-8)13(17)7-1-3-9(4-2-7)21(18,19)20;14-10-6-5-9(11(15)12(10)16)13(17)7-1-3-8(4-2-7)21(18,19)20;14-9-6-5-8(11(15)12(9)16)13(17)7-3-1-2-4-10(7)21(18,19)20;13-6-5-7(14)11(16)12(10(6)15)22(17,18)8-3-1-2-4-9(8)23(19,20)21/h2-6H,7H2,1H3;1-6H,7H2,(H,19,20,21);3*1-6H,(H,18,19,20);1-5H,(H,19,20,21). The summed E-state index contributed by atoms with van der Waals surface area (Å²) in [4.78, 5) is 26.2. The predicted molar refractivity (Wildman–Crippen MR) is 408 cm³/mol. The van der Waals surface area contributed by atoms with Gasteiger partial charge in [-0.25, -0.2) is 113 Å². The molecule has 0 aliphatic rings. The van der Waals surface area contributed by atoms with E-state index in [2.05, 4.69) is 0 Å². The van der Waals surface area contributed by atoms with E-state index in [1.54, 1.807) is 19.1 Å². The van der Waals surface area contributed by atoms with E-state index in [0.29, 0.717) is 42.5 Å². The zero-order valence-electron chi connectivity index (χ0n) is 63.4. The Kier molecular flexibility index (Phi) is 33.2. The van der Waals surface area contributed by atoms with Crippen molar-refractivity contribution >= 4 is 97.5 Å². The van der Waals surface area contributed by atoms with E-state index in [9.17, 15) is 170 Å². The minimum atomic E-state index is -5.33. The summed E-state index contributed by atoms with van der Waals surface area (Å²) in [5.41, 5.74) is -2.65. The van der Waals surface area contributed by atoms with E-state index in [1.807, 2.05) is 0 Å². The van der Waals surface area contributed by atoms with Gasteiger partial charge < -0.3 is 0 Å². The molecule has 52 heteroatoms. The number of rotatable bonds is 19. The number of sulfone groups is 3. The van der Waals surface area contributed by atoms with Crippen LogP contribution in [-0.2, 0) is 91.6 Å². The van der Waals surface area contributed by atoms with Crippen LogP contribution in [0.5, 0.6) is 0 Å². The number of hydrogen-bond donors (Lipinski definition) is 5. The monoisotopic (exact) mass is 2000 g/mol. The summed E-state index contributed by atoms with van der Waals surface area (Å²) in [5, 5.41) is 0. The lowest BCUT2D eigenvalue weighted by Crippen LogP contribution is -2.14. The van der Waals surface area contributed by atoms with E-state index in [4.69, 9.17) is 22.8 Å². The number of hydrogen-bond acceptors (Lipinski definition) is 19. The molecule has 130 heavy (non-hydrogen) atoms. The Morgan fingerprint density at radius 3 is 1.00 bits per heavy atom. The third-order valence-electron chi connectivity index (χ3n) is 16.5. The maximum Gasteiger partial charge on any atom is 0.295 e. The SMILES string of the molecule is Cc1ccc(CS(=O)(=O)c2c(F)c(F)cc(F)c2F)cc1.O=C(c1ccc(S(=O)(=O)O)cc1)c1c(F)cc(F)cc1F.O=C(c1ccc(S(=O)(=O)O)cc1)c1ccc(F)c(F)c1F.O=C(c1ccccc1S(=O)(=O)O)c1ccc(F)c(F)c1F.O=S(=O)(O)c1ccccc1CS(=O)(=O)c1c(F)cc(F)cc1F.O=S(=O)(O)c1ccccc1S(=O)(=O)c1c(F)c(F)cc(F)c1F. The molecule has 12 aromatic rings. The van der Waals surface area contributed by atoms with Gasteiger partial charge in [-0.1, -0.05) is 72.3 Å². The van der Waals surface area contributed by atoms with E-state index in [1.165, 1.54) is 36.4 Å². The molecule has 12 aromatic carbocycles. The van der Waals surface area contributed by atoms with Crippen molar-refractivity contribution in [3.05, 3.63) is 373 Å². The van der Waals surface area contributed by atoms with Crippen molar-refractivity contribution in [2.45, 2.75) is 62.5 Å². The molecule has 0 aromatic heterocycles. The highest BCUT2D eigenvalue weighted by Gasteiger charge is 2.37. The van der Waals surface area contributed by atoms with Gasteiger partial charge in [0.25, 0.3) is 50.6 Å². The van der Waals surface area contributed by atoms with Gasteiger partial charge in [0.15, 0.2) is 118 Å². The van der Waals surface area contributed by atoms with Crippen LogP contribution in [0.25, 0.3) is 0 Å². The summed E-state index contributed by atoms with van der Waals surface area (Å²) in [6.07, 6.45) is 0. The fourth-order valence-electron chi connectivity index (χ4n) is 10.6. The van der Waals surface area contributed by atoms with Crippen LogP contribution in [0.1, 0.15) is 64.5 Å². The van der Waals surface area contributed by atoms with Crippen LogP contribution in [0.2, 0.25) is 0 Å². The van der Waals surface area contributed by atoms with Crippen molar-refractivity contribution in [3.8, 4) is 0 Å². The largest absolute Gasteiger partial charge is 0.295 e. The predicted octanol–water partition coefficient (Wildman–Crippen LogP) is 15.9. The number of ketones is 3. The molecule has 0 spiro atoms. The van der Waals surface area contributed by atoms with Gasteiger partial charge in [-0.15, -0.1) is 0 Å². The fourth-order valence-corrected chi connectivity index (χ4v) is 18.8. The summed E-state index contributed by atoms with van der Waals surface area (Å²) in [7, 11) is -38.0. The van der Waals surface area contributed by atoms with Crippen LogP contribution >= 0.6 is 0 Å². The molecule has 0 saturated heterocycles. The number of carbonyl (C=O) groups excluding carboxylic acids is 3. The molecular formula is C78H46F20O24S8. The van der Waals surface area contributed by atoms with Crippen LogP contribution in [0.4, 0.5) is 87.8 Å². The first-order valence-electron chi connectivity index (χ1n) is 33.8. The quantitative estimate of drug-likeness (QED) is 0.0125. The minimum Gasteiger partial charge on any atom is -0.288 e. The average molecular weight is 2000 g/mol. The van der Waals surface area contributed by atoms with Gasteiger partial charge in [0, 0.05) is 53.1 Å². The first-order valence-corrected chi connectivity index (χ1v) is 45.8. The first kappa shape index (κ1) is 105. The lowest BCUT2D eigenvalue weighted by molar-refractivity contribution is 0.102. The molecule has 24 nitrogen and oxygen atoms in total.